The highest BCUT2D eigenvalue weighted by Gasteiger charge is 2.12. The normalized spacial score (nSPS) is 11.9. The summed E-state index contributed by atoms with van der Waals surface area (Å²) in [5.41, 5.74) is 1.53. The van der Waals surface area contributed by atoms with Crippen molar-refractivity contribution in [2.24, 2.45) is 5.92 Å². The minimum absolute atomic E-state index is 0.0621. The van der Waals surface area contributed by atoms with Crippen molar-refractivity contribution in [3.05, 3.63) is 29.8 Å². The van der Waals surface area contributed by atoms with Crippen molar-refractivity contribution < 1.29 is 9.90 Å². The molecular formula is C15H24N2O2. The van der Waals surface area contributed by atoms with Gasteiger partial charge >= 0.3 is 0 Å². The fourth-order valence-electron chi connectivity index (χ4n) is 1.99. The van der Waals surface area contributed by atoms with E-state index in [-0.39, 0.29) is 12.5 Å². The lowest BCUT2D eigenvalue weighted by molar-refractivity contribution is 0.0944. The monoisotopic (exact) mass is 264 g/mol. The molecule has 0 heterocycles. The van der Waals surface area contributed by atoms with Crippen LogP contribution in [-0.2, 0) is 0 Å². The van der Waals surface area contributed by atoms with E-state index in [1.165, 1.54) is 0 Å². The van der Waals surface area contributed by atoms with Gasteiger partial charge in [0.2, 0.25) is 0 Å². The summed E-state index contributed by atoms with van der Waals surface area (Å²) in [5.74, 6) is 0.271. The van der Waals surface area contributed by atoms with Crippen LogP contribution in [0.15, 0.2) is 24.3 Å². The molecule has 1 aromatic rings. The molecule has 0 bridgehead atoms. The van der Waals surface area contributed by atoms with Gasteiger partial charge < -0.3 is 15.7 Å². The Bertz CT molecular complexity index is 393. The van der Waals surface area contributed by atoms with Gasteiger partial charge in [0.1, 0.15) is 0 Å². The average molecular weight is 264 g/mol. The van der Waals surface area contributed by atoms with Crippen molar-refractivity contribution in [1.29, 1.82) is 0 Å². The SMILES string of the molecule is CCNc1ccccc1C(=O)NCC(CC)CCO. The van der Waals surface area contributed by atoms with Crippen LogP contribution in [0.3, 0.4) is 0 Å². The van der Waals surface area contributed by atoms with Crippen LogP contribution in [0, 0.1) is 5.92 Å². The maximum Gasteiger partial charge on any atom is 0.253 e. The van der Waals surface area contributed by atoms with Crippen molar-refractivity contribution in [2.75, 3.05) is 25.0 Å². The first-order chi connectivity index (χ1) is 9.22. The lowest BCUT2D eigenvalue weighted by atomic mass is 10.0. The standard InChI is InChI=1S/C15H24N2O2/c1-3-12(9-10-18)11-17-15(19)13-7-5-6-8-14(13)16-4-2/h5-8,12,16,18H,3-4,9-11H2,1-2H3,(H,17,19). The minimum atomic E-state index is -0.0621. The first kappa shape index (κ1) is 15.5. The van der Waals surface area contributed by atoms with Crippen LogP contribution in [0.4, 0.5) is 5.69 Å². The summed E-state index contributed by atoms with van der Waals surface area (Å²) in [6.45, 7) is 5.63. The number of hydrogen-bond donors (Lipinski definition) is 3. The Morgan fingerprint density at radius 1 is 1.32 bits per heavy atom. The van der Waals surface area contributed by atoms with Gasteiger partial charge in [-0.05, 0) is 31.4 Å². The predicted octanol–water partition coefficient (Wildman–Crippen LogP) is 2.26. The Morgan fingerprint density at radius 3 is 2.68 bits per heavy atom. The molecule has 4 nitrogen and oxygen atoms in total. The van der Waals surface area contributed by atoms with E-state index in [4.69, 9.17) is 5.11 Å². The molecule has 3 N–H and O–H groups in total. The fraction of sp³-hybridized carbons (Fsp3) is 0.533. The van der Waals surface area contributed by atoms with Crippen molar-refractivity contribution >= 4 is 11.6 Å². The molecule has 0 fully saturated rings. The van der Waals surface area contributed by atoms with Crippen molar-refractivity contribution in [3.63, 3.8) is 0 Å². The van der Waals surface area contributed by atoms with E-state index < -0.39 is 0 Å². The lowest BCUT2D eigenvalue weighted by Gasteiger charge is -2.15. The molecule has 0 aliphatic heterocycles. The van der Waals surface area contributed by atoms with Gasteiger partial charge in [-0.2, -0.15) is 0 Å². The summed E-state index contributed by atoms with van der Waals surface area (Å²) < 4.78 is 0. The summed E-state index contributed by atoms with van der Waals surface area (Å²) in [7, 11) is 0. The Kier molecular flexibility index (Phi) is 6.97. The number of amides is 1. The molecule has 1 aromatic carbocycles. The van der Waals surface area contributed by atoms with Gasteiger partial charge in [0, 0.05) is 25.4 Å². The van der Waals surface area contributed by atoms with Crippen LogP contribution < -0.4 is 10.6 Å². The number of hydrogen-bond acceptors (Lipinski definition) is 3. The molecule has 1 amide bonds. The minimum Gasteiger partial charge on any atom is -0.396 e. The second-order valence-corrected chi connectivity index (χ2v) is 4.57. The lowest BCUT2D eigenvalue weighted by Crippen LogP contribution is -2.30. The molecule has 0 aliphatic carbocycles. The van der Waals surface area contributed by atoms with Crippen LogP contribution >= 0.6 is 0 Å². The van der Waals surface area contributed by atoms with Gasteiger partial charge in [-0.1, -0.05) is 25.5 Å². The molecule has 19 heavy (non-hydrogen) atoms. The Balaban J connectivity index is 2.62. The van der Waals surface area contributed by atoms with Gasteiger partial charge in [-0.15, -0.1) is 0 Å². The highest BCUT2D eigenvalue weighted by molar-refractivity contribution is 5.99. The molecule has 106 valence electrons. The summed E-state index contributed by atoms with van der Waals surface area (Å²) in [6, 6.07) is 7.50. The number of benzene rings is 1. The largest absolute Gasteiger partial charge is 0.396 e. The van der Waals surface area contributed by atoms with E-state index in [0.717, 1.165) is 25.1 Å². The van der Waals surface area contributed by atoms with Crippen LogP contribution in [0.25, 0.3) is 0 Å². The third-order valence-corrected chi connectivity index (χ3v) is 3.20. The van der Waals surface area contributed by atoms with Gasteiger partial charge in [-0.25, -0.2) is 0 Å². The first-order valence-corrected chi connectivity index (χ1v) is 6.94. The molecule has 0 spiro atoms. The zero-order valence-corrected chi connectivity index (χ0v) is 11.8. The smallest absolute Gasteiger partial charge is 0.253 e. The number of nitrogens with one attached hydrogen (secondary N) is 2. The van der Waals surface area contributed by atoms with Crippen LogP contribution in [0.2, 0.25) is 0 Å². The second kappa shape index (κ2) is 8.53. The van der Waals surface area contributed by atoms with Crippen LogP contribution in [0.1, 0.15) is 37.0 Å². The summed E-state index contributed by atoms with van der Waals surface area (Å²) in [5, 5.41) is 15.1. The van der Waals surface area contributed by atoms with E-state index in [0.29, 0.717) is 18.0 Å². The topological polar surface area (TPSA) is 61.4 Å². The van der Waals surface area contributed by atoms with E-state index in [9.17, 15) is 4.79 Å². The van der Waals surface area contributed by atoms with Crippen molar-refractivity contribution in [1.82, 2.24) is 5.32 Å². The highest BCUT2D eigenvalue weighted by atomic mass is 16.3. The van der Waals surface area contributed by atoms with Crippen molar-refractivity contribution in [2.45, 2.75) is 26.7 Å². The van der Waals surface area contributed by atoms with Gasteiger partial charge in [-0.3, -0.25) is 4.79 Å². The number of aliphatic hydroxyl groups excluding tert-OH is 1. The van der Waals surface area contributed by atoms with Crippen molar-refractivity contribution in [3.8, 4) is 0 Å². The molecule has 1 atom stereocenters. The third kappa shape index (κ3) is 4.91. The summed E-state index contributed by atoms with van der Waals surface area (Å²) in [6.07, 6.45) is 1.68. The second-order valence-electron chi connectivity index (χ2n) is 4.57. The molecular weight excluding hydrogens is 240 g/mol. The maximum atomic E-state index is 12.2. The molecule has 0 aliphatic rings. The Morgan fingerprint density at radius 2 is 2.05 bits per heavy atom. The number of carbonyl (C=O) groups is 1. The van der Waals surface area contributed by atoms with E-state index in [1.807, 2.05) is 31.2 Å². The highest BCUT2D eigenvalue weighted by Crippen LogP contribution is 2.15. The number of anilines is 1. The van der Waals surface area contributed by atoms with E-state index in [2.05, 4.69) is 17.6 Å². The Hall–Kier alpha value is -1.55. The maximum absolute atomic E-state index is 12.2. The third-order valence-electron chi connectivity index (χ3n) is 3.20. The molecule has 1 rings (SSSR count). The zero-order valence-electron chi connectivity index (χ0n) is 11.8. The van der Waals surface area contributed by atoms with E-state index in [1.54, 1.807) is 0 Å². The molecule has 0 saturated carbocycles. The number of carbonyl (C=O) groups excluding carboxylic acids is 1. The van der Waals surface area contributed by atoms with E-state index >= 15 is 0 Å². The van der Waals surface area contributed by atoms with Gasteiger partial charge in [0.05, 0.1) is 5.56 Å². The molecule has 0 radical (unpaired) electrons. The Labute approximate surface area is 115 Å². The first-order valence-electron chi connectivity index (χ1n) is 6.94. The van der Waals surface area contributed by atoms with Crippen LogP contribution in [0.5, 0.6) is 0 Å². The summed E-state index contributed by atoms with van der Waals surface area (Å²) in [4.78, 5) is 12.2. The molecule has 4 heteroatoms. The molecule has 0 saturated heterocycles. The molecule has 1 unspecified atom stereocenters. The zero-order chi connectivity index (χ0) is 14.1. The molecule has 0 aromatic heterocycles. The summed E-state index contributed by atoms with van der Waals surface area (Å²) >= 11 is 0. The number of para-hydroxylation sites is 1. The van der Waals surface area contributed by atoms with Gasteiger partial charge in [0.15, 0.2) is 0 Å². The van der Waals surface area contributed by atoms with Gasteiger partial charge in [0.25, 0.3) is 5.91 Å². The number of aliphatic hydroxyl groups is 1. The van der Waals surface area contributed by atoms with Crippen LogP contribution in [-0.4, -0.2) is 30.7 Å². The fourth-order valence-corrected chi connectivity index (χ4v) is 1.99. The predicted molar refractivity (Wildman–Crippen MR) is 78.4 cm³/mol. The number of rotatable bonds is 8. The average Bonchev–Trinajstić information content (AvgIpc) is 2.44. The quantitative estimate of drug-likeness (QED) is 0.675.